The fraction of sp³-hybridized carbons (Fsp3) is 0.0833. The second-order valence-electron chi connectivity index (χ2n) is 3.18. The van der Waals surface area contributed by atoms with Gasteiger partial charge in [0.05, 0.1) is 5.75 Å². The molecule has 1 heterocycles. The largest absolute Gasteiger partial charge is 0.293 e. The first-order valence-corrected chi connectivity index (χ1v) is 6.62. The van der Waals surface area contributed by atoms with E-state index in [1.807, 2.05) is 16.8 Å². The first-order chi connectivity index (χ1) is 7.75. The Labute approximate surface area is 101 Å². The van der Waals surface area contributed by atoms with Crippen molar-refractivity contribution >= 4 is 28.9 Å². The fourth-order valence-electron chi connectivity index (χ4n) is 1.19. The van der Waals surface area contributed by atoms with Gasteiger partial charge in [-0.1, -0.05) is 0 Å². The summed E-state index contributed by atoms with van der Waals surface area (Å²) in [6.07, 6.45) is 0. The standard InChI is InChI=1S/C12H9FOS2/c13-10-1-3-11(4-2-10)16-8-12(14)9-5-6-15-7-9/h1-7H,8H2. The van der Waals surface area contributed by atoms with Crippen LogP contribution in [0.1, 0.15) is 10.4 Å². The van der Waals surface area contributed by atoms with Gasteiger partial charge in [-0.3, -0.25) is 4.79 Å². The Hall–Kier alpha value is -1.13. The van der Waals surface area contributed by atoms with Crippen molar-refractivity contribution in [2.24, 2.45) is 0 Å². The molecule has 1 aromatic heterocycles. The average molecular weight is 252 g/mol. The van der Waals surface area contributed by atoms with Crippen molar-refractivity contribution in [2.75, 3.05) is 5.75 Å². The van der Waals surface area contributed by atoms with Gasteiger partial charge in [0.15, 0.2) is 5.78 Å². The Morgan fingerprint density at radius 1 is 1.25 bits per heavy atom. The molecule has 2 aromatic rings. The van der Waals surface area contributed by atoms with Crippen molar-refractivity contribution in [3.63, 3.8) is 0 Å². The third kappa shape index (κ3) is 2.93. The lowest BCUT2D eigenvalue weighted by molar-refractivity contribution is 0.102. The van der Waals surface area contributed by atoms with Crippen molar-refractivity contribution in [2.45, 2.75) is 4.90 Å². The van der Waals surface area contributed by atoms with Crippen molar-refractivity contribution < 1.29 is 9.18 Å². The highest BCUT2D eigenvalue weighted by molar-refractivity contribution is 8.00. The van der Waals surface area contributed by atoms with E-state index in [0.29, 0.717) is 5.75 Å². The first-order valence-electron chi connectivity index (χ1n) is 4.69. The van der Waals surface area contributed by atoms with Crippen LogP contribution in [0.3, 0.4) is 0 Å². The molecule has 0 aliphatic heterocycles. The maximum Gasteiger partial charge on any atom is 0.173 e. The predicted octanol–water partition coefficient (Wildman–Crippen LogP) is 3.86. The van der Waals surface area contributed by atoms with Gasteiger partial charge >= 0.3 is 0 Å². The zero-order valence-corrected chi connectivity index (χ0v) is 9.98. The van der Waals surface area contributed by atoms with Crippen LogP contribution in [0.4, 0.5) is 4.39 Å². The van der Waals surface area contributed by atoms with Crippen molar-refractivity contribution in [3.8, 4) is 0 Å². The number of hydrogen-bond donors (Lipinski definition) is 0. The van der Waals surface area contributed by atoms with Gasteiger partial charge < -0.3 is 0 Å². The first kappa shape index (κ1) is 11.4. The molecular formula is C12H9FOS2. The van der Waals surface area contributed by atoms with Gasteiger partial charge in [0.1, 0.15) is 5.82 Å². The molecule has 0 N–H and O–H groups in total. The molecule has 4 heteroatoms. The molecular weight excluding hydrogens is 243 g/mol. The molecule has 16 heavy (non-hydrogen) atoms. The Morgan fingerprint density at radius 3 is 2.62 bits per heavy atom. The van der Waals surface area contributed by atoms with E-state index in [-0.39, 0.29) is 11.6 Å². The van der Waals surface area contributed by atoms with E-state index in [1.165, 1.54) is 35.2 Å². The minimum atomic E-state index is -0.256. The van der Waals surface area contributed by atoms with Crippen LogP contribution in [0.25, 0.3) is 0 Å². The van der Waals surface area contributed by atoms with Crippen molar-refractivity contribution in [1.29, 1.82) is 0 Å². The maximum atomic E-state index is 12.6. The van der Waals surface area contributed by atoms with Gasteiger partial charge in [-0.25, -0.2) is 4.39 Å². The number of ketones is 1. The number of carbonyl (C=O) groups excluding carboxylic acids is 1. The smallest absolute Gasteiger partial charge is 0.173 e. The van der Waals surface area contributed by atoms with E-state index in [4.69, 9.17) is 0 Å². The van der Waals surface area contributed by atoms with Gasteiger partial charge in [0.25, 0.3) is 0 Å². The highest BCUT2D eigenvalue weighted by atomic mass is 32.2. The fourth-order valence-corrected chi connectivity index (χ4v) is 2.64. The normalized spacial score (nSPS) is 10.3. The number of carbonyl (C=O) groups is 1. The van der Waals surface area contributed by atoms with Gasteiger partial charge in [0, 0.05) is 15.8 Å². The highest BCUT2D eigenvalue weighted by Crippen LogP contribution is 2.20. The summed E-state index contributed by atoms with van der Waals surface area (Å²) in [6.45, 7) is 0. The molecule has 82 valence electrons. The number of thiophene rings is 1. The second kappa shape index (κ2) is 5.27. The van der Waals surface area contributed by atoms with E-state index in [1.54, 1.807) is 12.1 Å². The Balaban J connectivity index is 1.93. The van der Waals surface area contributed by atoms with Crippen LogP contribution in [0.5, 0.6) is 0 Å². The van der Waals surface area contributed by atoms with Crippen molar-refractivity contribution in [3.05, 3.63) is 52.5 Å². The van der Waals surface area contributed by atoms with Crippen molar-refractivity contribution in [1.82, 2.24) is 0 Å². The van der Waals surface area contributed by atoms with Gasteiger partial charge in [0.2, 0.25) is 0 Å². The minimum absolute atomic E-state index is 0.107. The predicted molar refractivity (Wildman–Crippen MR) is 65.8 cm³/mol. The molecule has 1 aromatic carbocycles. The number of benzene rings is 1. The van der Waals surface area contributed by atoms with E-state index in [0.717, 1.165) is 10.5 Å². The molecule has 0 radical (unpaired) electrons. The molecule has 0 unspecified atom stereocenters. The number of rotatable bonds is 4. The third-order valence-electron chi connectivity index (χ3n) is 2.03. The molecule has 0 fully saturated rings. The van der Waals surface area contributed by atoms with Crippen LogP contribution in [0, 0.1) is 5.82 Å². The molecule has 0 bridgehead atoms. The van der Waals surface area contributed by atoms with E-state index in [2.05, 4.69) is 0 Å². The van der Waals surface area contributed by atoms with E-state index >= 15 is 0 Å². The highest BCUT2D eigenvalue weighted by Gasteiger charge is 2.06. The molecule has 0 aliphatic carbocycles. The Bertz CT molecular complexity index is 462. The van der Waals surface area contributed by atoms with Crippen LogP contribution in [0.2, 0.25) is 0 Å². The van der Waals surface area contributed by atoms with Crippen LogP contribution in [-0.2, 0) is 0 Å². The molecule has 0 spiro atoms. The van der Waals surface area contributed by atoms with Crippen LogP contribution in [0.15, 0.2) is 46.0 Å². The summed E-state index contributed by atoms with van der Waals surface area (Å²) in [5.74, 6) is 0.242. The number of thioether (sulfide) groups is 1. The zero-order chi connectivity index (χ0) is 11.4. The number of hydrogen-bond acceptors (Lipinski definition) is 3. The molecule has 0 aliphatic rings. The summed E-state index contributed by atoms with van der Waals surface area (Å²) in [5.41, 5.74) is 0.750. The van der Waals surface area contributed by atoms with E-state index in [9.17, 15) is 9.18 Å². The summed E-state index contributed by atoms with van der Waals surface area (Å²) in [4.78, 5) is 12.6. The van der Waals surface area contributed by atoms with Gasteiger partial charge in [-0.2, -0.15) is 11.3 Å². The lowest BCUT2D eigenvalue weighted by atomic mass is 10.2. The zero-order valence-electron chi connectivity index (χ0n) is 8.35. The topological polar surface area (TPSA) is 17.1 Å². The second-order valence-corrected chi connectivity index (χ2v) is 5.01. The lowest BCUT2D eigenvalue weighted by Crippen LogP contribution is -1.99. The van der Waals surface area contributed by atoms with Gasteiger partial charge in [-0.15, -0.1) is 11.8 Å². The van der Waals surface area contributed by atoms with Crippen LogP contribution < -0.4 is 0 Å². The molecule has 0 amide bonds. The Kier molecular flexibility index (Phi) is 3.74. The minimum Gasteiger partial charge on any atom is -0.293 e. The molecule has 0 saturated carbocycles. The van der Waals surface area contributed by atoms with Crippen LogP contribution in [-0.4, -0.2) is 11.5 Å². The summed E-state index contributed by atoms with van der Waals surface area (Å²) in [5, 5.41) is 3.73. The lowest BCUT2D eigenvalue weighted by Gasteiger charge is -1.99. The van der Waals surface area contributed by atoms with Crippen LogP contribution >= 0.6 is 23.1 Å². The Morgan fingerprint density at radius 2 is 2.00 bits per heavy atom. The summed E-state index contributed by atoms with van der Waals surface area (Å²) in [6, 6.07) is 7.98. The SMILES string of the molecule is O=C(CSc1ccc(F)cc1)c1ccsc1. The monoisotopic (exact) mass is 252 g/mol. The number of halogens is 1. The summed E-state index contributed by atoms with van der Waals surface area (Å²) in [7, 11) is 0. The maximum absolute atomic E-state index is 12.6. The van der Waals surface area contributed by atoms with Gasteiger partial charge in [-0.05, 0) is 35.7 Å². The summed E-state index contributed by atoms with van der Waals surface area (Å²) >= 11 is 2.94. The molecule has 0 saturated heterocycles. The average Bonchev–Trinajstić information content (AvgIpc) is 2.81. The molecule has 0 atom stereocenters. The molecule has 1 nitrogen and oxygen atoms in total. The molecule has 2 rings (SSSR count). The third-order valence-corrected chi connectivity index (χ3v) is 3.72. The quantitative estimate of drug-likeness (QED) is 0.607. The van der Waals surface area contributed by atoms with E-state index < -0.39 is 0 Å². The number of Topliss-reactive ketones (excluding diaryl/α,β-unsaturated/α-hetero) is 1. The summed E-state index contributed by atoms with van der Waals surface area (Å²) < 4.78 is 12.6.